The van der Waals surface area contributed by atoms with Crippen molar-refractivity contribution < 1.29 is 10.0 Å². The third kappa shape index (κ3) is 3.52. The smallest absolute Gasteiger partial charge is 0.352 e. The molecule has 0 amide bonds. The fourth-order valence-corrected chi connectivity index (χ4v) is 1.60. The van der Waals surface area contributed by atoms with Gasteiger partial charge in [-0.15, -0.1) is 0 Å². The summed E-state index contributed by atoms with van der Waals surface area (Å²) in [6.07, 6.45) is 2.52. The van der Waals surface area contributed by atoms with Crippen LogP contribution in [-0.4, -0.2) is 32.1 Å². The number of hydrogen-bond donors (Lipinski definition) is 3. The number of nitrogens with one attached hydrogen (secondary N) is 1. The van der Waals surface area contributed by atoms with Crippen molar-refractivity contribution in [3.05, 3.63) is 16.4 Å². The lowest BCUT2D eigenvalue weighted by Gasteiger charge is -2.23. The topological polar surface area (TPSA) is 127 Å². The van der Waals surface area contributed by atoms with Crippen molar-refractivity contribution in [3.63, 3.8) is 0 Å². The highest BCUT2D eigenvalue weighted by atomic mass is 16.6. The van der Waals surface area contributed by atoms with Crippen molar-refractivity contribution in [3.8, 4) is 0 Å². The monoisotopic (exact) mass is 255 g/mol. The first-order valence-corrected chi connectivity index (χ1v) is 5.58. The van der Waals surface area contributed by atoms with Crippen LogP contribution in [0.2, 0.25) is 0 Å². The van der Waals surface area contributed by atoms with Gasteiger partial charge in [0, 0.05) is 6.54 Å². The molecule has 0 saturated heterocycles. The molecule has 0 fully saturated rings. The molecule has 100 valence electrons. The highest BCUT2D eigenvalue weighted by molar-refractivity contribution is 5.67. The van der Waals surface area contributed by atoms with Gasteiger partial charge >= 0.3 is 5.69 Å². The number of nitro groups is 1. The lowest BCUT2D eigenvalue weighted by Crippen LogP contribution is -2.33. The van der Waals surface area contributed by atoms with Crippen molar-refractivity contribution in [2.45, 2.75) is 32.3 Å². The fraction of sp³-hybridized carbons (Fsp3) is 0.600. The zero-order chi connectivity index (χ0) is 13.8. The third-order valence-corrected chi connectivity index (χ3v) is 2.46. The van der Waals surface area contributed by atoms with E-state index in [-0.39, 0.29) is 23.9 Å². The minimum Gasteiger partial charge on any atom is -0.388 e. The number of rotatable bonds is 6. The molecule has 0 aliphatic rings. The van der Waals surface area contributed by atoms with Gasteiger partial charge in [0.15, 0.2) is 0 Å². The van der Waals surface area contributed by atoms with Gasteiger partial charge in [-0.3, -0.25) is 10.1 Å². The zero-order valence-electron chi connectivity index (χ0n) is 10.4. The van der Waals surface area contributed by atoms with Crippen molar-refractivity contribution in [1.29, 1.82) is 0 Å². The second-order valence-corrected chi connectivity index (χ2v) is 4.31. The molecule has 0 spiro atoms. The molecule has 1 heterocycles. The Balaban J connectivity index is 2.85. The van der Waals surface area contributed by atoms with Gasteiger partial charge in [-0.05, 0) is 13.3 Å². The van der Waals surface area contributed by atoms with E-state index in [1.54, 1.807) is 6.92 Å². The van der Waals surface area contributed by atoms with Crippen molar-refractivity contribution in [2.75, 3.05) is 17.6 Å². The maximum atomic E-state index is 10.8. The Bertz CT molecular complexity index is 436. The lowest BCUT2D eigenvalue weighted by atomic mass is 10.0. The Hall–Kier alpha value is -1.96. The van der Waals surface area contributed by atoms with Gasteiger partial charge in [0.1, 0.15) is 6.33 Å². The quantitative estimate of drug-likeness (QED) is 0.509. The van der Waals surface area contributed by atoms with Gasteiger partial charge in [0.25, 0.3) is 0 Å². The van der Waals surface area contributed by atoms with E-state index in [2.05, 4.69) is 15.3 Å². The summed E-state index contributed by atoms with van der Waals surface area (Å²) >= 11 is 0. The highest BCUT2D eigenvalue weighted by Crippen LogP contribution is 2.26. The summed E-state index contributed by atoms with van der Waals surface area (Å²) in [5.41, 5.74) is 4.10. The van der Waals surface area contributed by atoms with E-state index in [1.807, 2.05) is 6.92 Å². The summed E-state index contributed by atoms with van der Waals surface area (Å²) in [7, 11) is 0. The Morgan fingerprint density at radius 1 is 1.61 bits per heavy atom. The normalized spacial score (nSPS) is 13.9. The number of nitrogens with two attached hydrogens (primary N) is 1. The molecule has 0 radical (unpaired) electrons. The Morgan fingerprint density at radius 2 is 2.28 bits per heavy atom. The second-order valence-electron chi connectivity index (χ2n) is 4.31. The molecular weight excluding hydrogens is 238 g/mol. The summed E-state index contributed by atoms with van der Waals surface area (Å²) in [4.78, 5) is 17.5. The molecule has 0 aliphatic heterocycles. The van der Waals surface area contributed by atoms with Crippen LogP contribution in [0.4, 0.5) is 17.3 Å². The maximum absolute atomic E-state index is 10.8. The first-order valence-electron chi connectivity index (χ1n) is 5.58. The molecule has 0 aliphatic carbocycles. The lowest BCUT2D eigenvalue weighted by molar-refractivity contribution is -0.383. The van der Waals surface area contributed by atoms with Crippen LogP contribution >= 0.6 is 0 Å². The molecule has 1 aromatic heterocycles. The summed E-state index contributed by atoms with van der Waals surface area (Å²) in [5, 5.41) is 23.5. The molecule has 0 saturated carbocycles. The molecule has 18 heavy (non-hydrogen) atoms. The van der Waals surface area contributed by atoms with Crippen molar-refractivity contribution in [1.82, 2.24) is 9.97 Å². The van der Waals surface area contributed by atoms with Crippen LogP contribution in [0.1, 0.15) is 26.7 Å². The Labute approximate surface area is 104 Å². The summed E-state index contributed by atoms with van der Waals surface area (Å²) < 4.78 is 0. The predicted octanol–water partition coefficient (Wildman–Crippen LogP) is 0.930. The number of nitrogen functional groups attached to an aromatic ring is 1. The van der Waals surface area contributed by atoms with Crippen LogP contribution in [0.5, 0.6) is 0 Å². The molecule has 1 atom stereocenters. The standard InChI is InChI=1S/C10H17N5O3/c1-3-4-10(2,16)5-12-9-7(15(17)18)8(11)13-6-14-9/h6,16H,3-5H2,1-2H3,(H3,11,12,13,14). The van der Waals surface area contributed by atoms with E-state index in [4.69, 9.17) is 5.73 Å². The third-order valence-electron chi connectivity index (χ3n) is 2.46. The number of anilines is 2. The van der Waals surface area contributed by atoms with Crippen LogP contribution < -0.4 is 11.1 Å². The van der Waals surface area contributed by atoms with E-state index in [0.717, 1.165) is 12.7 Å². The van der Waals surface area contributed by atoms with Crippen LogP contribution in [0.25, 0.3) is 0 Å². The first-order chi connectivity index (χ1) is 8.37. The minimum absolute atomic E-state index is 0.0175. The van der Waals surface area contributed by atoms with E-state index in [0.29, 0.717) is 6.42 Å². The second kappa shape index (κ2) is 5.58. The molecule has 1 rings (SSSR count). The molecule has 0 bridgehead atoms. The van der Waals surface area contributed by atoms with E-state index in [1.165, 1.54) is 0 Å². The number of hydrogen-bond acceptors (Lipinski definition) is 7. The Morgan fingerprint density at radius 3 is 2.83 bits per heavy atom. The summed E-state index contributed by atoms with van der Waals surface area (Å²) in [6, 6.07) is 0. The molecule has 1 unspecified atom stereocenters. The van der Waals surface area contributed by atoms with Crippen LogP contribution in [0.3, 0.4) is 0 Å². The Kier molecular flexibility index (Phi) is 4.38. The van der Waals surface area contributed by atoms with E-state index in [9.17, 15) is 15.2 Å². The highest BCUT2D eigenvalue weighted by Gasteiger charge is 2.24. The number of aromatic nitrogens is 2. The molecule has 4 N–H and O–H groups in total. The molecular formula is C10H17N5O3. The van der Waals surface area contributed by atoms with Gasteiger partial charge in [-0.2, -0.15) is 0 Å². The molecule has 8 heteroatoms. The van der Waals surface area contributed by atoms with Gasteiger partial charge in [0.05, 0.1) is 10.5 Å². The summed E-state index contributed by atoms with van der Waals surface area (Å²) in [6.45, 7) is 3.75. The van der Waals surface area contributed by atoms with Crippen molar-refractivity contribution in [2.24, 2.45) is 0 Å². The van der Waals surface area contributed by atoms with Gasteiger partial charge in [-0.1, -0.05) is 13.3 Å². The molecule has 8 nitrogen and oxygen atoms in total. The molecule has 0 aromatic carbocycles. The first kappa shape index (κ1) is 14.1. The van der Waals surface area contributed by atoms with Crippen LogP contribution in [-0.2, 0) is 0 Å². The van der Waals surface area contributed by atoms with E-state index < -0.39 is 10.5 Å². The minimum atomic E-state index is -0.956. The average Bonchev–Trinajstić information content (AvgIpc) is 2.26. The maximum Gasteiger partial charge on any atom is 0.352 e. The average molecular weight is 255 g/mol. The number of nitrogens with zero attached hydrogens (tertiary/aromatic N) is 3. The summed E-state index contributed by atoms with van der Waals surface area (Å²) in [5.74, 6) is -0.184. The van der Waals surface area contributed by atoms with Crippen LogP contribution in [0, 0.1) is 10.1 Å². The SMILES string of the molecule is CCCC(C)(O)CNc1ncnc(N)c1[N+](=O)[O-]. The predicted molar refractivity (Wildman–Crippen MR) is 67.1 cm³/mol. The van der Waals surface area contributed by atoms with E-state index >= 15 is 0 Å². The number of aliphatic hydroxyl groups is 1. The molecule has 1 aromatic rings. The zero-order valence-corrected chi connectivity index (χ0v) is 10.4. The largest absolute Gasteiger partial charge is 0.388 e. The van der Waals surface area contributed by atoms with Gasteiger partial charge in [-0.25, -0.2) is 9.97 Å². The van der Waals surface area contributed by atoms with Crippen LogP contribution in [0.15, 0.2) is 6.33 Å². The van der Waals surface area contributed by atoms with Gasteiger partial charge < -0.3 is 16.2 Å². The fourth-order valence-electron chi connectivity index (χ4n) is 1.60. The van der Waals surface area contributed by atoms with Gasteiger partial charge in [0.2, 0.25) is 11.6 Å². The van der Waals surface area contributed by atoms with Crippen molar-refractivity contribution >= 4 is 17.3 Å².